The molecule has 0 radical (unpaired) electrons. The van der Waals surface area contributed by atoms with Crippen LogP contribution in [0.25, 0.3) is 22.1 Å². The van der Waals surface area contributed by atoms with Crippen molar-refractivity contribution in [2.45, 2.75) is 26.6 Å². The van der Waals surface area contributed by atoms with Gasteiger partial charge in [0.2, 0.25) is 5.79 Å². The van der Waals surface area contributed by atoms with E-state index >= 15 is 0 Å². The lowest BCUT2D eigenvalue weighted by Crippen LogP contribution is -2.45. The van der Waals surface area contributed by atoms with Crippen molar-refractivity contribution in [2.75, 3.05) is 0 Å². The van der Waals surface area contributed by atoms with E-state index in [1.165, 1.54) is 0 Å². The Bertz CT molecular complexity index is 998. The minimum absolute atomic E-state index is 0.402. The Hall–Kier alpha value is -2.85. The number of hydrogen-bond donors (Lipinski definition) is 1. The van der Waals surface area contributed by atoms with Crippen LogP contribution in [0.1, 0.15) is 20.8 Å². The monoisotopic (exact) mass is 350 g/mol. The highest BCUT2D eigenvalue weighted by molar-refractivity contribution is 5.82. The van der Waals surface area contributed by atoms with Gasteiger partial charge in [-0.15, -0.1) is 6.58 Å². The molecule has 0 saturated carbocycles. The molecule has 2 aromatic carbocycles. The van der Waals surface area contributed by atoms with Crippen LogP contribution in [0.4, 0.5) is 0 Å². The summed E-state index contributed by atoms with van der Waals surface area (Å²) in [5.74, 6) is -1.06. The number of ether oxygens (including phenoxy) is 1. The van der Waals surface area contributed by atoms with Gasteiger partial charge < -0.3 is 14.3 Å². The van der Waals surface area contributed by atoms with Crippen LogP contribution in [0, 0.1) is 5.41 Å². The largest absolute Gasteiger partial charge is 0.462 e. The second kappa shape index (κ2) is 6.46. The smallest absolute Gasteiger partial charge is 0.344 e. The zero-order valence-corrected chi connectivity index (χ0v) is 15.2. The second-order valence-electron chi connectivity index (χ2n) is 7.02. The minimum atomic E-state index is -1.47. The summed E-state index contributed by atoms with van der Waals surface area (Å²) in [7, 11) is 0. The van der Waals surface area contributed by atoms with E-state index in [-0.39, 0.29) is 0 Å². The summed E-state index contributed by atoms with van der Waals surface area (Å²) in [5, 5.41) is 11.4. The average Bonchev–Trinajstić information content (AvgIpc) is 2.61. The van der Waals surface area contributed by atoms with Gasteiger partial charge in [-0.2, -0.15) is 0 Å². The molecule has 26 heavy (non-hydrogen) atoms. The summed E-state index contributed by atoms with van der Waals surface area (Å²) < 4.78 is 11.2. The highest BCUT2D eigenvalue weighted by atomic mass is 16.6. The highest BCUT2D eigenvalue weighted by Gasteiger charge is 2.39. The Morgan fingerprint density at radius 2 is 1.77 bits per heavy atom. The number of aliphatic hydroxyl groups is 1. The Kier molecular flexibility index (Phi) is 4.46. The Labute approximate surface area is 152 Å². The fourth-order valence-corrected chi connectivity index (χ4v) is 2.52. The molecule has 4 heteroatoms. The highest BCUT2D eigenvalue weighted by Crippen LogP contribution is 2.35. The standard InChI is InChI=1S/C22H22O4/c1-5-21(2,3)22(4,24)26-17-12-11-16-13-18(15-9-7-6-8-10-15)20(23)25-19(16)14-17/h5-14,24H,1H2,2-4H3. The van der Waals surface area contributed by atoms with E-state index in [9.17, 15) is 9.90 Å². The first-order valence-corrected chi connectivity index (χ1v) is 8.42. The van der Waals surface area contributed by atoms with E-state index in [0.717, 1.165) is 10.9 Å². The van der Waals surface area contributed by atoms with Crippen molar-refractivity contribution in [1.29, 1.82) is 0 Å². The first kappa shape index (κ1) is 18.0. The SMILES string of the molecule is C=CC(C)(C)C(C)(O)Oc1ccc2cc(-c3ccccc3)c(=O)oc2c1. The molecular formula is C22H22O4. The molecule has 1 aromatic heterocycles. The van der Waals surface area contributed by atoms with Crippen molar-refractivity contribution in [3.8, 4) is 16.9 Å². The quantitative estimate of drug-likeness (QED) is 0.409. The molecule has 0 aliphatic heterocycles. The van der Waals surface area contributed by atoms with Crippen molar-refractivity contribution < 1.29 is 14.3 Å². The summed E-state index contributed by atoms with van der Waals surface area (Å²) in [5.41, 5.74) is 0.629. The normalized spacial score (nSPS) is 14.0. The van der Waals surface area contributed by atoms with Gasteiger partial charge in [-0.25, -0.2) is 4.79 Å². The van der Waals surface area contributed by atoms with Crippen LogP contribution in [0.3, 0.4) is 0 Å². The number of rotatable bonds is 5. The van der Waals surface area contributed by atoms with Crippen LogP contribution < -0.4 is 10.4 Å². The summed E-state index contributed by atoms with van der Waals surface area (Å²) in [6.07, 6.45) is 1.64. The maximum atomic E-state index is 12.4. The summed E-state index contributed by atoms with van der Waals surface area (Å²) in [6, 6.07) is 16.3. The first-order valence-electron chi connectivity index (χ1n) is 8.42. The molecule has 3 aromatic rings. The molecule has 0 spiro atoms. The summed E-state index contributed by atoms with van der Waals surface area (Å²) in [6.45, 7) is 8.97. The van der Waals surface area contributed by atoms with Gasteiger partial charge in [0.25, 0.3) is 0 Å². The van der Waals surface area contributed by atoms with E-state index < -0.39 is 16.8 Å². The molecule has 0 aliphatic rings. The maximum Gasteiger partial charge on any atom is 0.344 e. The molecule has 1 heterocycles. The number of hydrogen-bond acceptors (Lipinski definition) is 4. The van der Waals surface area contributed by atoms with Crippen molar-refractivity contribution >= 4 is 11.0 Å². The van der Waals surface area contributed by atoms with Crippen molar-refractivity contribution in [3.63, 3.8) is 0 Å². The predicted octanol–water partition coefficient (Wildman–Crippen LogP) is 4.76. The molecule has 134 valence electrons. The molecule has 0 bridgehead atoms. The minimum Gasteiger partial charge on any atom is -0.462 e. The van der Waals surface area contributed by atoms with E-state index in [1.54, 1.807) is 37.3 Å². The van der Waals surface area contributed by atoms with Crippen molar-refractivity contribution in [3.05, 3.63) is 77.7 Å². The van der Waals surface area contributed by atoms with E-state index in [1.807, 2.05) is 44.2 Å². The predicted molar refractivity (Wildman–Crippen MR) is 103 cm³/mol. The average molecular weight is 350 g/mol. The molecule has 1 unspecified atom stereocenters. The van der Waals surface area contributed by atoms with E-state index in [4.69, 9.17) is 9.15 Å². The zero-order valence-electron chi connectivity index (χ0n) is 15.2. The fraction of sp³-hybridized carbons (Fsp3) is 0.227. The van der Waals surface area contributed by atoms with Crippen LogP contribution in [0.15, 0.2) is 76.5 Å². The molecule has 1 N–H and O–H groups in total. The van der Waals surface area contributed by atoms with Gasteiger partial charge in [-0.3, -0.25) is 0 Å². The molecular weight excluding hydrogens is 328 g/mol. The van der Waals surface area contributed by atoms with Crippen LogP contribution in [0.2, 0.25) is 0 Å². The van der Waals surface area contributed by atoms with Crippen LogP contribution in [-0.2, 0) is 0 Å². The second-order valence-corrected chi connectivity index (χ2v) is 7.02. The summed E-state index contributed by atoms with van der Waals surface area (Å²) >= 11 is 0. The third-order valence-electron chi connectivity index (χ3n) is 4.81. The van der Waals surface area contributed by atoms with Gasteiger partial charge in [-0.1, -0.05) is 50.3 Å². The molecule has 0 saturated heterocycles. The molecule has 1 atom stereocenters. The van der Waals surface area contributed by atoms with Gasteiger partial charge in [0, 0.05) is 23.8 Å². The first-order chi connectivity index (χ1) is 12.2. The lowest BCUT2D eigenvalue weighted by molar-refractivity contribution is -0.181. The molecule has 0 aliphatic carbocycles. The van der Waals surface area contributed by atoms with Gasteiger partial charge in [0.15, 0.2) is 0 Å². The van der Waals surface area contributed by atoms with Gasteiger partial charge in [0.05, 0.1) is 5.56 Å². The van der Waals surface area contributed by atoms with Crippen LogP contribution >= 0.6 is 0 Å². The Morgan fingerprint density at radius 3 is 2.42 bits per heavy atom. The molecule has 3 rings (SSSR count). The third kappa shape index (κ3) is 3.28. The number of benzene rings is 2. The summed E-state index contributed by atoms with van der Waals surface area (Å²) in [4.78, 5) is 12.4. The maximum absolute atomic E-state index is 12.4. The molecule has 4 nitrogen and oxygen atoms in total. The van der Waals surface area contributed by atoms with Gasteiger partial charge >= 0.3 is 5.63 Å². The molecule has 0 fully saturated rings. The van der Waals surface area contributed by atoms with Crippen molar-refractivity contribution in [2.24, 2.45) is 5.41 Å². The lowest BCUT2D eigenvalue weighted by atomic mass is 9.84. The molecule has 0 amide bonds. The zero-order chi connectivity index (χ0) is 18.9. The topological polar surface area (TPSA) is 59.7 Å². The Balaban J connectivity index is 2.01. The van der Waals surface area contributed by atoms with E-state index in [0.29, 0.717) is 16.9 Å². The number of fused-ring (bicyclic) bond motifs is 1. The Morgan fingerprint density at radius 1 is 1.08 bits per heavy atom. The fourth-order valence-electron chi connectivity index (χ4n) is 2.52. The van der Waals surface area contributed by atoms with Gasteiger partial charge in [0.1, 0.15) is 11.3 Å². The van der Waals surface area contributed by atoms with E-state index in [2.05, 4.69) is 6.58 Å². The lowest BCUT2D eigenvalue weighted by Gasteiger charge is -2.37. The third-order valence-corrected chi connectivity index (χ3v) is 4.81. The van der Waals surface area contributed by atoms with Gasteiger partial charge in [-0.05, 0) is 23.8 Å². The van der Waals surface area contributed by atoms with Crippen LogP contribution in [0.5, 0.6) is 5.75 Å². The van der Waals surface area contributed by atoms with Crippen LogP contribution in [-0.4, -0.2) is 10.9 Å². The van der Waals surface area contributed by atoms with Crippen molar-refractivity contribution in [1.82, 2.24) is 0 Å².